The van der Waals surface area contributed by atoms with Gasteiger partial charge in [-0.25, -0.2) is 4.98 Å². The molecule has 0 amide bonds. The molecule has 0 atom stereocenters. The zero-order valence-corrected chi connectivity index (χ0v) is 10.3. The van der Waals surface area contributed by atoms with Gasteiger partial charge in [0.15, 0.2) is 11.5 Å². The molecule has 1 aromatic carbocycles. The van der Waals surface area contributed by atoms with Crippen LogP contribution in [0.5, 0.6) is 0 Å². The Morgan fingerprint density at radius 1 is 1.35 bits per heavy atom. The van der Waals surface area contributed by atoms with Gasteiger partial charge in [0.1, 0.15) is 5.52 Å². The van der Waals surface area contributed by atoms with E-state index in [1.165, 1.54) is 5.56 Å². The molecule has 0 spiro atoms. The lowest BCUT2D eigenvalue weighted by atomic mass is 10.1. The Labute approximate surface area is 101 Å². The van der Waals surface area contributed by atoms with Crippen LogP contribution in [0.4, 0.5) is 5.69 Å². The first kappa shape index (κ1) is 11.9. The molecule has 0 saturated heterocycles. The van der Waals surface area contributed by atoms with E-state index in [1.807, 2.05) is 6.07 Å². The number of methoxy groups -OCH3 is 1. The van der Waals surface area contributed by atoms with Gasteiger partial charge in [0.2, 0.25) is 0 Å². The number of nitrogens with two attached hydrogens (primary N) is 1. The van der Waals surface area contributed by atoms with Crippen molar-refractivity contribution in [3.8, 4) is 0 Å². The number of rotatable bonds is 5. The first-order valence-corrected chi connectivity index (χ1v) is 5.91. The molecule has 1 heterocycles. The van der Waals surface area contributed by atoms with Crippen molar-refractivity contribution in [3.05, 3.63) is 23.6 Å². The molecule has 1 aromatic heterocycles. The average Bonchev–Trinajstić information content (AvgIpc) is 2.70. The molecule has 0 bridgehead atoms. The first-order valence-electron chi connectivity index (χ1n) is 5.91. The highest BCUT2D eigenvalue weighted by atomic mass is 16.5. The van der Waals surface area contributed by atoms with Crippen LogP contribution in [0.3, 0.4) is 0 Å². The standard InChI is InChI=1S/C13H18N2O2/c1-3-4-9-7-10(14)13-11(8-9)15-12(17-13)5-6-16-2/h7-8H,3-6,14H2,1-2H3. The van der Waals surface area contributed by atoms with Gasteiger partial charge in [0.25, 0.3) is 0 Å². The molecule has 0 fully saturated rings. The van der Waals surface area contributed by atoms with Gasteiger partial charge < -0.3 is 14.9 Å². The lowest BCUT2D eigenvalue weighted by molar-refractivity contribution is 0.196. The van der Waals surface area contributed by atoms with Crippen LogP contribution in [0.2, 0.25) is 0 Å². The molecule has 0 saturated carbocycles. The maximum atomic E-state index is 5.96. The number of hydrogen-bond donors (Lipinski definition) is 1. The molecule has 92 valence electrons. The molecule has 2 N–H and O–H groups in total. The molecule has 0 aliphatic heterocycles. The van der Waals surface area contributed by atoms with E-state index in [9.17, 15) is 0 Å². The van der Waals surface area contributed by atoms with Gasteiger partial charge in [0, 0.05) is 13.5 Å². The lowest BCUT2D eigenvalue weighted by Crippen LogP contribution is -1.93. The maximum absolute atomic E-state index is 5.96. The van der Waals surface area contributed by atoms with Gasteiger partial charge in [-0.15, -0.1) is 0 Å². The summed E-state index contributed by atoms with van der Waals surface area (Å²) >= 11 is 0. The molecule has 0 radical (unpaired) electrons. The van der Waals surface area contributed by atoms with Crippen LogP contribution >= 0.6 is 0 Å². The molecule has 2 rings (SSSR count). The molecular formula is C13H18N2O2. The third kappa shape index (κ3) is 2.58. The van der Waals surface area contributed by atoms with Crippen molar-refractivity contribution in [1.82, 2.24) is 4.98 Å². The van der Waals surface area contributed by atoms with Crippen LogP contribution in [0.15, 0.2) is 16.5 Å². The summed E-state index contributed by atoms with van der Waals surface area (Å²) in [4.78, 5) is 4.43. The predicted molar refractivity (Wildman–Crippen MR) is 68.0 cm³/mol. The molecule has 17 heavy (non-hydrogen) atoms. The number of ether oxygens (including phenoxy) is 1. The highest BCUT2D eigenvalue weighted by Crippen LogP contribution is 2.25. The number of nitrogen functional groups attached to an aromatic ring is 1. The maximum Gasteiger partial charge on any atom is 0.197 e. The summed E-state index contributed by atoms with van der Waals surface area (Å²) in [5, 5.41) is 0. The Balaban J connectivity index is 2.35. The largest absolute Gasteiger partial charge is 0.438 e. The molecule has 0 aliphatic rings. The number of fused-ring (bicyclic) bond motifs is 1. The van der Waals surface area contributed by atoms with Crippen LogP contribution in [-0.2, 0) is 17.6 Å². The minimum absolute atomic E-state index is 0.606. The van der Waals surface area contributed by atoms with Crippen molar-refractivity contribution in [2.75, 3.05) is 19.5 Å². The van der Waals surface area contributed by atoms with Gasteiger partial charge in [0.05, 0.1) is 12.3 Å². The van der Waals surface area contributed by atoms with Gasteiger partial charge in [-0.05, 0) is 24.1 Å². The van der Waals surface area contributed by atoms with Crippen molar-refractivity contribution >= 4 is 16.8 Å². The highest BCUT2D eigenvalue weighted by molar-refractivity contribution is 5.85. The summed E-state index contributed by atoms with van der Waals surface area (Å²) in [5.74, 6) is 0.683. The summed E-state index contributed by atoms with van der Waals surface area (Å²) in [7, 11) is 1.66. The lowest BCUT2D eigenvalue weighted by Gasteiger charge is -2.00. The van der Waals surface area contributed by atoms with Crippen molar-refractivity contribution in [3.63, 3.8) is 0 Å². The van der Waals surface area contributed by atoms with Crippen LogP contribution in [-0.4, -0.2) is 18.7 Å². The number of aromatic nitrogens is 1. The Morgan fingerprint density at radius 2 is 2.18 bits per heavy atom. The zero-order valence-electron chi connectivity index (χ0n) is 10.3. The van der Waals surface area contributed by atoms with Crippen LogP contribution in [0.25, 0.3) is 11.1 Å². The van der Waals surface area contributed by atoms with E-state index in [0.29, 0.717) is 30.2 Å². The third-order valence-corrected chi connectivity index (χ3v) is 2.68. The Morgan fingerprint density at radius 3 is 2.88 bits per heavy atom. The number of aryl methyl sites for hydroxylation is 1. The second-order valence-electron chi connectivity index (χ2n) is 4.13. The topological polar surface area (TPSA) is 61.3 Å². The number of nitrogens with zero attached hydrogens (tertiary/aromatic N) is 1. The summed E-state index contributed by atoms with van der Waals surface area (Å²) in [6.45, 7) is 2.75. The molecule has 0 aliphatic carbocycles. The van der Waals surface area contributed by atoms with Crippen molar-refractivity contribution in [2.24, 2.45) is 0 Å². The van der Waals surface area contributed by atoms with Crippen LogP contribution in [0, 0.1) is 0 Å². The van der Waals surface area contributed by atoms with Gasteiger partial charge in [-0.2, -0.15) is 0 Å². The number of oxazole rings is 1. The highest BCUT2D eigenvalue weighted by Gasteiger charge is 2.09. The molecule has 4 heteroatoms. The number of hydrogen-bond acceptors (Lipinski definition) is 4. The molecule has 0 unspecified atom stereocenters. The number of anilines is 1. The SMILES string of the molecule is CCCc1cc(N)c2oc(CCOC)nc2c1. The molecule has 4 nitrogen and oxygen atoms in total. The van der Waals surface area contributed by atoms with Gasteiger partial charge in [-0.1, -0.05) is 13.3 Å². The fourth-order valence-electron chi connectivity index (χ4n) is 1.89. The summed E-state index contributed by atoms with van der Waals surface area (Å²) in [6.07, 6.45) is 2.79. The first-order chi connectivity index (χ1) is 8.24. The van der Waals surface area contributed by atoms with Gasteiger partial charge >= 0.3 is 0 Å². The minimum Gasteiger partial charge on any atom is -0.438 e. The summed E-state index contributed by atoms with van der Waals surface area (Å²) in [5.41, 5.74) is 9.38. The van der Waals surface area contributed by atoms with E-state index in [1.54, 1.807) is 7.11 Å². The van der Waals surface area contributed by atoms with E-state index in [0.717, 1.165) is 18.4 Å². The fraction of sp³-hybridized carbons (Fsp3) is 0.462. The van der Waals surface area contributed by atoms with Gasteiger partial charge in [-0.3, -0.25) is 0 Å². The monoisotopic (exact) mass is 234 g/mol. The second kappa shape index (κ2) is 5.19. The van der Waals surface area contributed by atoms with E-state index in [4.69, 9.17) is 14.9 Å². The summed E-state index contributed by atoms with van der Waals surface area (Å²) in [6, 6.07) is 4.02. The van der Waals surface area contributed by atoms with Crippen LogP contribution in [0.1, 0.15) is 24.8 Å². The van der Waals surface area contributed by atoms with E-state index < -0.39 is 0 Å². The van der Waals surface area contributed by atoms with E-state index in [2.05, 4.69) is 18.0 Å². The second-order valence-corrected chi connectivity index (χ2v) is 4.13. The van der Waals surface area contributed by atoms with Crippen molar-refractivity contribution in [2.45, 2.75) is 26.2 Å². The Hall–Kier alpha value is -1.55. The van der Waals surface area contributed by atoms with Crippen LogP contribution < -0.4 is 5.73 Å². The summed E-state index contributed by atoms with van der Waals surface area (Å²) < 4.78 is 10.6. The van der Waals surface area contributed by atoms with Crippen molar-refractivity contribution in [1.29, 1.82) is 0 Å². The third-order valence-electron chi connectivity index (χ3n) is 2.68. The normalized spacial score (nSPS) is 11.2. The average molecular weight is 234 g/mol. The smallest absolute Gasteiger partial charge is 0.197 e. The predicted octanol–water partition coefficient (Wildman–Crippen LogP) is 2.55. The zero-order chi connectivity index (χ0) is 12.3. The minimum atomic E-state index is 0.606. The quantitative estimate of drug-likeness (QED) is 0.808. The van der Waals surface area contributed by atoms with E-state index in [-0.39, 0.29) is 0 Å². The molecular weight excluding hydrogens is 216 g/mol. The Bertz CT molecular complexity index is 505. The number of benzene rings is 1. The van der Waals surface area contributed by atoms with E-state index >= 15 is 0 Å². The fourth-order valence-corrected chi connectivity index (χ4v) is 1.89. The Kier molecular flexibility index (Phi) is 3.64. The molecule has 2 aromatic rings. The van der Waals surface area contributed by atoms with Crippen molar-refractivity contribution < 1.29 is 9.15 Å².